The molecule has 9 heteroatoms. The molecule has 4 rings (SSSR count). The lowest BCUT2D eigenvalue weighted by atomic mass is 9.87. The number of aromatic nitrogens is 3. The fourth-order valence-corrected chi connectivity index (χ4v) is 3.42. The van der Waals surface area contributed by atoms with Crippen LogP contribution in [-0.4, -0.2) is 32.2 Å². The highest BCUT2D eigenvalue weighted by atomic mass is 19.3. The average Bonchev–Trinajstić information content (AvgIpc) is 3.14. The van der Waals surface area contributed by atoms with Gasteiger partial charge in [-0.05, 0) is 36.2 Å². The minimum atomic E-state index is -3.50. The molecule has 2 aromatic carbocycles. The van der Waals surface area contributed by atoms with Crippen LogP contribution in [0.2, 0.25) is 0 Å². The van der Waals surface area contributed by atoms with Gasteiger partial charge in [-0.25, -0.2) is 17.7 Å². The molecule has 0 aliphatic rings. The zero-order valence-electron chi connectivity index (χ0n) is 17.2. The molecular formula is C23H21F3N4O2. The van der Waals surface area contributed by atoms with Crippen molar-refractivity contribution in [2.24, 2.45) is 0 Å². The van der Waals surface area contributed by atoms with Crippen molar-refractivity contribution < 1.29 is 23.0 Å². The van der Waals surface area contributed by atoms with Gasteiger partial charge in [0.05, 0.1) is 6.61 Å². The van der Waals surface area contributed by atoms with Crippen LogP contribution in [-0.2, 0) is 5.60 Å². The van der Waals surface area contributed by atoms with Crippen LogP contribution in [0.25, 0.3) is 16.8 Å². The molecule has 6 nitrogen and oxygen atoms in total. The molecule has 0 fully saturated rings. The molecular weight excluding hydrogens is 421 g/mol. The van der Waals surface area contributed by atoms with Crippen LogP contribution in [0, 0.1) is 5.82 Å². The van der Waals surface area contributed by atoms with Crippen molar-refractivity contribution in [1.29, 1.82) is 0 Å². The number of anilines is 1. The Morgan fingerprint density at radius 2 is 1.84 bits per heavy atom. The normalized spacial score (nSPS) is 13.8. The number of nitrogens with zero attached hydrogens (tertiary/aromatic N) is 3. The van der Waals surface area contributed by atoms with Gasteiger partial charge >= 0.3 is 0 Å². The molecule has 0 amide bonds. The number of hydrogen-bond acceptors (Lipinski definition) is 5. The van der Waals surface area contributed by atoms with Crippen LogP contribution in [0.5, 0.6) is 5.75 Å². The summed E-state index contributed by atoms with van der Waals surface area (Å²) in [4.78, 5) is 4.04. The van der Waals surface area contributed by atoms with E-state index in [2.05, 4.69) is 10.1 Å². The maximum atomic E-state index is 15.1. The first kappa shape index (κ1) is 21.6. The molecule has 0 bridgehead atoms. The summed E-state index contributed by atoms with van der Waals surface area (Å²) < 4.78 is 51.3. The molecule has 2 heterocycles. The molecule has 166 valence electrons. The third-order valence-electron chi connectivity index (χ3n) is 5.35. The fourth-order valence-electron chi connectivity index (χ4n) is 3.42. The quantitative estimate of drug-likeness (QED) is 0.442. The number of ether oxygens (including phenoxy) is 1. The van der Waals surface area contributed by atoms with E-state index in [9.17, 15) is 13.9 Å². The van der Waals surface area contributed by atoms with Crippen molar-refractivity contribution in [2.75, 3.05) is 12.3 Å². The summed E-state index contributed by atoms with van der Waals surface area (Å²) in [5.74, 6) is -4.27. The van der Waals surface area contributed by atoms with E-state index in [1.165, 1.54) is 22.7 Å². The van der Waals surface area contributed by atoms with Crippen molar-refractivity contribution in [3.8, 4) is 16.9 Å². The van der Waals surface area contributed by atoms with Gasteiger partial charge in [-0.15, -0.1) is 5.10 Å². The lowest BCUT2D eigenvalue weighted by Crippen LogP contribution is -2.43. The van der Waals surface area contributed by atoms with E-state index in [1.54, 1.807) is 48.7 Å². The summed E-state index contributed by atoms with van der Waals surface area (Å²) in [5, 5.41) is 14.4. The Kier molecular flexibility index (Phi) is 5.52. The predicted octanol–water partition coefficient (Wildman–Crippen LogP) is 4.43. The van der Waals surface area contributed by atoms with Gasteiger partial charge in [0.2, 0.25) is 5.95 Å². The summed E-state index contributed by atoms with van der Waals surface area (Å²) in [6.07, 6.45) is 0.788. The van der Waals surface area contributed by atoms with Gasteiger partial charge in [0.25, 0.3) is 5.92 Å². The smallest absolute Gasteiger partial charge is 0.283 e. The second kappa shape index (κ2) is 8.16. The van der Waals surface area contributed by atoms with Crippen LogP contribution >= 0.6 is 0 Å². The highest BCUT2D eigenvalue weighted by Gasteiger charge is 2.49. The Hall–Kier alpha value is -3.59. The third kappa shape index (κ3) is 3.99. The lowest BCUT2D eigenvalue weighted by molar-refractivity contribution is -0.184. The second-order valence-electron chi connectivity index (χ2n) is 7.55. The van der Waals surface area contributed by atoms with Gasteiger partial charge in [0, 0.05) is 18.2 Å². The monoisotopic (exact) mass is 442 g/mol. The Morgan fingerprint density at radius 3 is 2.59 bits per heavy atom. The van der Waals surface area contributed by atoms with Gasteiger partial charge in [-0.2, -0.15) is 4.98 Å². The van der Waals surface area contributed by atoms with Gasteiger partial charge < -0.3 is 15.6 Å². The molecule has 0 saturated heterocycles. The molecule has 4 aromatic rings. The van der Waals surface area contributed by atoms with Crippen molar-refractivity contribution >= 4 is 11.6 Å². The fraction of sp³-hybridized carbons (Fsp3) is 0.217. The zero-order valence-corrected chi connectivity index (χ0v) is 17.2. The van der Waals surface area contributed by atoms with Crippen LogP contribution in [0.3, 0.4) is 0 Å². The molecule has 0 spiro atoms. The van der Waals surface area contributed by atoms with Crippen molar-refractivity contribution in [1.82, 2.24) is 14.6 Å². The number of pyridine rings is 1. The van der Waals surface area contributed by atoms with Crippen LogP contribution < -0.4 is 10.5 Å². The first-order valence-corrected chi connectivity index (χ1v) is 9.88. The standard InChI is InChI=1S/C23H21F3N4O2/c1-22(31,16-6-3-2-4-7-16)23(25,26)11-13-32-18-9-5-8-17(20(18)24)15-10-12-30-19(14-15)28-21(27)29-30/h2-10,12,14,31H,11,13H2,1H3,(H2,27,29). The topological polar surface area (TPSA) is 85.7 Å². The molecule has 32 heavy (non-hydrogen) atoms. The van der Waals surface area contributed by atoms with Crippen LogP contribution in [0.1, 0.15) is 18.9 Å². The molecule has 1 unspecified atom stereocenters. The summed E-state index contributed by atoms with van der Waals surface area (Å²) >= 11 is 0. The first-order valence-electron chi connectivity index (χ1n) is 9.88. The maximum Gasteiger partial charge on any atom is 0.283 e. The van der Waals surface area contributed by atoms with E-state index in [1.807, 2.05) is 0 Å². The first-order chi connectivity index (χ1) is 15.2. The van der Waals surface area contributed by atoms with E-state index in [0.717, 1.165) is 6.92 Å². The SMILES string of the molecule is CC(O)(c1ccccc1)C(F)(F)CCOc1cccc(-c2ccn3nc(N)nc3c2)c1F. The summed E-state index contributed by atoms with van der Waals surface area (Å²) in [6, 6.07) is 15.4. The molecule has 0 aliphatic heterocycles. The van der Waals surface area contributed by atoms with Crippen molar-refractivity contribution in [3.63, 3.8) is 0 Å². The molecule has 0 aliphatic carbocycles. The molecule has 1 atom stereocenters. The lowest BCUT2D eigenvalue weighted by Gasteiger charge is -2.33. The Labute approximate surface area is 182 Å². The van der Waals surface area contributed by atoms with Crippen molar-refractivity contribution in [2.45, 2.75) is 24.9 Å². The van der Waals surface area contributed by atoms with E-state index in [0.29, 0.717) is 11.2 Å². The Morgan fingerprint density at radius 1 is 1.09 bits per heavy atom. The number of nitrogen functional groups attached to an aromatic ring is 1. The van der Waals surface area contributed by atoms with E-state index in [4.69, 9.17) is 10.5 Å². The van der Waals surface area contributed by atoms with Crippen molar-refractivity contribution in [3.05, 3.63) is 78.2 Å². The zero-order chi connectivity index (χ0) is 22.9. The van der Waals surface area contributed by atoms with E-state index >= 15 is 4.39 Å². The number of aliphatic hydroxyl groups is 1. The summed E-state index contributed by atoms with van der Waals surface area (Å²) in [7, 11) is 0. The van der Waals surface area contributed by atoms with Gasteiger partial charge in [-0.3, -0.25) is 0 Å². The molecule has 2 aromatic heterocycles. The Bertz CT molecular complexity index is 1240. The minimum Gasteiger partial charge on any atom is -0.490 e. The highest BCUT2D eigenvalue weighted by Crippen LogP contribution is 2.40. The number of benzene rings is 2. The van der Waals surface area contributed by atoms with Gasteiger partial charge in [-0.1, -0.05) is 42.5 Å². The average molecular weight is 442 g/mol. The minimum absolute atomic E-state index is 0.0858. The predicted molar refractivity (Wildman–Crippen MR) is 114 cm³/mol. The number of nitrogens with two attached hydrogens (primary N) is 1. The number of alkyl halides is 2. The highest BCUT2D eigenvalue weighted by molar-refractivity contribution is 5.69. The van der Waals surface area contributed by atoms with Gasteiger partial charge in [0.1, 0.15) is 0 Å². The van der Waals surface area contributed by atoms with Crippen LogP contribution in [0.4, 0.5) is 19.1 Å². The number of fused-ring (bicyclic) bond motifs is 1. The molecule has 3 N–H and O–H groups in total. The Balaban J connectivity index is 1.50. The summed E-state index contributed by atoms with van der Waals surface area (Å²) in [5.41, 5.74) is 4.43. The number of hydrogen-bond donors (Lipinski definition) is 2. The third-order valence-corrected chi connectivity index (χ3v) is 5.35. The molecule has 0 saturated carbocycles. The van der Waals surface area contributed by atoms with Gasteiger partial charge in [0.15, 0.2) is 22.8 Å². The second-order valence-corrected chi connectivity index (χ2v) is 7.55. The summed E-state index contributed by atoms with van der Waals surface area (Å²) in [6.45, 7) is 0.563. The largest absolute Gasteiger partial charge is 0.490 e. The van der Waals surface area contributed by atoms with E-state index < -0.39 is 30.4 Å². The number of rotatable bonds is 7. The van der Waals surface area contributed by atoms with E-state index in [-0.39, 0.29) is 22.8 Å². The van der Waals surface area contributed by atoms with Crippen LogP contribution in [0.15, 0.2) is 66.9 Å². The maximum absolute atomic E-state index is 15.1. The molecule has 0 radical (unpaired) electrons. The number of halogens is 3.